The molecular weight excluding hydrogens is 240 g/mol. The van der Waals surface area contributed by atoms with Crippen molar-refractivity contribution in [2.75, 3.05) is 0 Å². The first-order chi connectivity index (χ1) is 9.27. The molecule has 0 spiro atoms. The fourth-order valence-corrected chi connectivity index (χ4v) is 1.68. The first-order valence-electron chi connectivity index (χ1n) is 6.19. The lowest BCUT2D eigenvalue weighted by atomic mass is 10.0. The van der Waals surface area contributed by atoms with Crippen LogP contribution in [-0.2, 0) is 21.2 Å². The third-order valence-electron chi connectivity index (χ3n) is 2.86. The van der Waals surface area contributed by atoms with Crippen LogP contribution in [0.1, 0.15) is 24.0 Å². The van der Waals surface area contributed by atoms with Gasteiger partial charge in [-0.2, -0.15) is 4.89 Å². The summed E-state index contributed by atoms with van der Waals surface area (Å²) in [6.07, 6.45) is 0. The van der Waals surface area contributed by atoms with E-state index in [1.54, 1.807) is 6.92 Å². The zero-order valence-corrected chi connectivity index (χ0v) is 10.8. The lowest BCUT2D eigenvalue weighted by Crippen LogP contribution is -2.13. The lowest BCUT2D eigenvalue weighted by Gasteiger charge is -2.10. The summed E-state index contributed by atoms with van der Waals surface area (Å²) in [7, 11) is 0. The van der Waals surface area contributed by atoms with E-state index in [0.29, 0.717) is 0 Å². The Morgan fingerprint density at radius 3 is 2.21 bits per heavy atom. The maximum absolute atomic E-state index is 11.8. The Labute approximate surface area is 112 Å². The van der Waals surface area contributed by atoms with Gasteiger partial charge in [0, 0.05) is 0 Å². The Morgan fingerprint density at radius 1 is 1.00 bits per heavy atom. The molecule has 0 aliphatic carbocycles. The van der Waals surface area contributed by atoms with Gasteiger partial charge >= 0.3 is 5.97 Å². The van der Waals surface area contributed by atoms with Gasteiger partial charge in [-0.3, -0.25) is 4.89 Å². The number of hydrogen-bond acceptors (Lipinski definition) is 3. The van der Waals surface area contributed by atoms with E-state index >= 15 is 0 Å². The normalized spacial score (nSPS) is 11.8. The van der Waals surface area contributed by atoms with Crippen molar-refractivity contribution in [2.24, 2.45) is 0 Å². The molecule has 0 amide bonds. The van der Waals surface area contributed by atoms with Crippen molar-refractivity contribution in [2.45, 2.75) is 19.4 Å². The molecule has 3 heteroatoms. The number of carbonyl (C=O) groups excluding carboxylic acids is 1. The van der Waals surface area contributed by atoms with E-state index in [9.17, 15) is 4.79 Å². The molecule has 2 rings (SSSR count). The average molecular weight is 256 g/mol. The molecule has 0 N–H and O–H groups in total. The molecule has 0 fully saturated rings. The van der Waals surface area contributed by atoms with E-state index < -0.39 is 0 Å². The first kappa shape index (κ1) is 13.3. The first-order valence-corrected chi connectivity index (χ1v) is 6.19. The van der Waals surface area contributed by atoms with Gasteiger partial charge in [0.05, 0.1) is 5.92 Å². The van der Waals surface area contributed by atoms with Gasteiger partial charge in [-0.25, -0.2) is 4.79 Å². The molecule has 0 saturated carbocycles. The standard InChI is InChI=1S/C16H16O3/c1-13(15-10-6-3-7-11-15)16(17)19-18-12-14-8-4-2-5-9-14/h2-11,13H,12H2,1H3. The average Bonchev–Trinajstić information content (AvgIpc) is 2.48. The Hall–Kier alpha value is -2.13. The van der Waals surface area contributed by atoms with Crippen molar-refractivity contribution in [3.63, 3.8) is 0 Å². The molecule has 0 radical (unpaired) electrons. The molecular formula is C16H16O3. The van der Waals surface area contributed by atoms with Crippen LogP contribution in [-0.4, -0.2) is 5.97 Å². The van der Waals surface area contributed by atoms with E-state index in [-0.39, 0.29) is 18.5 Å². The fourth-order valence-electron chi connectivity index (χ4n) is 1.68. The van der Waals surface area contributed by atoms with E-state index in [0.717, 1.165) is 11.1 Å². The largest absolute Gasteiger partial charge is 0.349 e. The van der Waals surface area contributed by atoms with Gasteiger partial charge in [-0.15, -0.1) is 0 Å². The highest BCUT2D eigenvalue weighted by atomic mass is 17.2. The summed E-state index contributed by atoms with van der Waals surface area (Å²) in [6.45, 7) is 2.05. The van der Waals surface area contributed by atoms with Crippen molar-refractivity contribution in [1.29, 1.82) is 0 Å². The van der Waals surface area contributed by atoms with Gasteiger partial charge < -0.3 is 0 Å². The van der Waals surface area contributed by atoms with Crippen LogP contribution in [0.4, 0.5) is 0 Å². The van der Waals surface area contributed by atoms with E-state index in [1.165, 1.54) is 0 Å². The number of rotatable bonds is 5. The van der Waals surface area contributed by atoms with E-state index in [4.69, 9.17) is 9.78 Å². The quantitative estimate of drug-likeness (QED) is 0.607. The minimum absolute atomic E-state index is 0.258. The van der Waals surface area contributed by atoms with Crippen LogP contribution in [0.25, 0.3) is 0 Å². The SMILES string of the molecule is CC(C(=O)OOCc1ccccc1)c1ccccc1. The van der Waals surface area contributed by atoms with Crippen LogP contribution < -0.4 is 0 Å². The Balaban J connectivity index is 1.82. The second-order valence-electron chi connectivity index (χ2n) is 4.28. The highest BCUT2D eigenvalue weighted by Gasteiger charge is 2.17. The molecule has 0 heterocycles. The van der Waals surface area contributed by atoms with Crippen molar-refractivity contribution < 1.29 is 14.6 Å². The summed E-state index contributed by atoms with van der Waals surface area (Å²) in [5.74, 6) is -0.723. The summed E-state index contributed by atoms with van der Waals surface area (Å²) in [5, 5.41) is 0. The maximum Gasteiger partial charge on any atom is 0.349 e. The summed E-state index contributed by atoms with van der Waals surface area (Å²) in [5.41, 5.74) is 1.87. The molecule has 1 unspecified atom stereocenters. The molecule has 0 bridgehead atoms. The van der Waals surface area contributed by atoms with Crippen LogP contribution in [0.3, 0.4) is 0 Å². The van der Waals surface area contributed by atoms with Gasteiger partial charge in [-0.1, -0.05) is 60.7 Å². The Kier molecular flexibility index (Phi) is 4.70. The van der Waals surface area contributed by atoms with Gasteiger partial charge in [0.1, 0.15) is 6.61 Å². The number of carbonyl (C=O) groups is 1. The topological polar surface area (TPSA) is 35.5 Å². The molecule has 0 aliphatic rings. The molecule has 0 aromatic heterocycles. The Bertz CT molecular complexity index is 508. The van der Waals surface area contributed by atoms with Crippen molar-refractivity contribution >= 4 is 5.97 Å². The van der Waals surface area contributed by atoms with E-state index in [1.807, 2.05) is 60.7 Å². The predicted molar refractivity (Wildman–Crippen MR) is 72.2 cm³/mol. The van der Waals surface area contributed by atoms with Crippen molar-refractivity contribution in [3.05, 3.63) is 71.8 Å². The molecule has 1 atom stereocenters. The highest BCUT2D eigenvalue weighted by Crippen LogP contribution is 2.16. The molecule has 0 saturated heterocycles. The highest BCUT2D eigenvalue weighted by molar-refractivity contribution is 5.77. The molecule has 0 aliphatic heterocycles. The summed E-state index contributed by atoms with van der Waals surface area (Å²) in [4.78, 5) is 21.6. The summed E-state index contributed by atoms with van der Waals surface area (Å²) in [6, 6.07) is 19.0. The summed E-state index contributed by atoms with van der Waals surface area (Å²) >= 11 is 0. The molecule has 3 nitrogen and oxygen atoms in total. The second kappa shape index (κ2) is 6.71. The lowest BCUT2D eigenvalue weighted by molar-refractivity contribution is -0.281. The van der Waals surface area contributed by atoms with Gasteiger partial charge in [-0.05, 0) is 18.1 Å². The minimum Gasteiger partial charge on any atom is -0.297 e. The van der Waals surface area contributed by atoms with Crippen LogP contribution in [0, 0.1) is 0 Å². The molecule has 98 valence electrons. The molecule has 19 heavy (non-hydrogen) atoms. The van der Waals surface area contributed by atoms with Crippen LogP contribution in [0.2, 0.25) is 0 Å². The van der Waals surface area contributed by atoms with Crippen molar-refractivity contribution in [3.8, 4) is 0 Å². The maximum atomic E-state index is 11.8. The minimum atomic E-state index is -0.387. The van der Waals surface area contributed by atoms with Crippen molar-refractivity contribution in [1.82, 2.24) is 0 Å². The predicted octanol–water partition coefficient (Wildman–Crippen LogP) is 3.47. The van der Waals surface area contributed by atoms with Gasteiger partial charge in [0.15, 0.2) is 0 Å². The van der Waals surface area contributed by atoms with E-state index in [2.05, 4.69) is 0 Å². The summed E-state index contributed by atoms with van der Waals surface area (Å²) < 4.78 is 0. The monoisotopic (exact) mass is 256 g/mol. The zero-order valence-electron chi connectivity index (χ0n) is 10.8. The van der Waals surface area contributed by atoms with Crippen LogP contribution >= 0.6 is 0 Å². The molecule has 2 aromatic rings. The van der Waals surface area contributed by atoms with Gasteiger partial charge in [0.25, 0.3) is 0 Å². The van der Waals surface area contributed by atoms with Crippen LogP contribution in [0.15, 0.2) is 60.7 Å². The van der Waals surface area contributed by atoms with Crippen LogP contribution in [0.5, 0.6) is 0 Å². The fraction of sp³-hybridized carbons (Fsp3) is 0.188. The zero-order chi connectivity index (χ0) is 13.5. The second-order valence-corrected chi connectivity index (χ2v) is 4.28. The third-order valence-corrected chi connectivity index (χ3v) is 2.86. The van der Waals surface area contributed by atoms with Gasteiger partial charge in [0.2, 0.25) is 0 Å². The number of hydrogen-bond donors (Lipinski definition) is 0. The molecule has 2 aromatic carbocycles. The number of benzene rings is 2. The third kappa shape index (κ3) is 3.93. The smallest absolute Gasteiger partial charge is 0.297 e. The Morgan fingerprint density at radius 2 is 1.58 bits per heavy atom.